The van der Waals surface area contributed by atoms with Crippen molar-refractivity contribution in [1.29, 1.82) is 0 Å². The SMILES string of the molecule is CCCCCCCCC[N+](C)(C)CCCCCCC. The average molecular weight is 271 g/mol. The molecule has 0 aliphatic heterocycles. The van der Waals surface area contributed by atoms with E-state index in [1.54, 1.807) is 0 Å². The second-order valence-electron chi connectivity index (χ2n) is 6.92. The van der Waals surface area contributed by atoms with Gasteiger partial charge in [0.2, 0.25) is 0 Å². The molecule has 0 aromatic rings. The van der Waals surface area contributed by atoms with Gasteiger partial charge in [0.1, 0.15) is 0 Å². The molecule has 0 heterocycles. The second kappa shape index (κ2) is 13.0. The number of nitrogens with zero attached hydrogens (tertiary/aromatic N) is 1. The summed E-state index contributed by atoms with van der Waals surface area (Å²) in [6, 6.07) is 0. The van der Waals surface area contributed by atoms with Crippen LogP contribution in [0.4, 0.5) is 0 Å². The number of hydrogen-bond donors (Lipinski definition) is 0. The third kappa shape index (κ3) is 14.2. The van der Waals surface area contributed by atoms with E-state index in [0.29, 0.717) is 0 Å². The summed E-state index contributed by atoms with van der Waals surface area (Å²) in [5, 5.41) is 0. The lowest BCUT2D eigenvalue weighted by atomic mass is 10.1. The third-order valence-electron chi connectivity index (χ3n) is 4.23. The Balaban J connectivity index is 3.35. The zero-order valence-electron chi connectivity index (χ0n) is 14.3. The van der Waals surface area contributed by atoms with Crippen molar-refractivity contribution in [3.05, 3.63) is 0 Å². The van der Waals surface area contributed by atoms with Crippen molar-refractivity contribution < 1.29 is 4.48 Å². The summed E-state index contributed by atoms with van der Waals surface area (Å²) < 4.78 is 1.24. The molecule has 116 valence electrons. The highest BCUT2D eigenvalue weighted by molar-refractivity contribution is 4.47. The number of quaternary nitrogens is 1. The van der Waals surface area contributed by atoms with Gasteiger partial charge in [0, 0.05) is 0 Å². The third-order valence-corrected chi connectivity index (χ3v) is 4.23. The summed E-state index contributed by atoms with van der Waals surface area (Å²) in [4.78, 5) is 0. The Hall–Kier alpha value is -0.0400. The Morgan fingerprint density at radius 3 is 1.16 bits per heavy atom. The summed E-state index contributed by atoms with van der Waals surface area (Å²) in [5.41, 5.74) is 0. The van der Waals surface area contributed by atoms with Crippen LogP contribution in [-0.2, 0) is 0 Å². The van der Waals surface area contributed by atoms with Crippen LogP contribution >= 0.6 is 0 Å². The maximum atomic E-state index is 2.41. The van der Waals surface area contributed by atoms with Crippen molar-refractivity contribution >= 4 is 0 Å². The summed E-state index contributed by atoms with van der Waals surface area (Å²) in [5.74, 6) is 0. The lowest BCUT2D eigenvalue weighted by molar-refractivity contribution is -0.890. The maximum Gasteiger partial charge on any atom is 0.0782 e. The van der Waals surface area contributed by atoms with Gasteiger partial charge in [-0.25, -0.2) is 0 Å². The van der Waals surface area contributed by atoms with Crippen LogP contribution in [-0.4, -0.2) is 31.7 Å². The van der Waals surface area contributed by atoms with Gasteiger partial charge in [0.25, 0.3) is 0 Å². The monoisotopic (exact) mass is 270 g/mol. The Bertz CT molecular complexity index is 175. The standard InChI is InChI=1S/C18H40N/c1-5-7-9-11-12-14-16-18-19(3,4)17-15-13-10-8-6-2/h5-18H2,1-4H3/q+1. The molecule has 0 radical (unpaired) electrons. The molecule has 0 atom stereocenters. The second-order valence-corrected chi connectivity index (χ2v) is 6.92. The summed E-state index contributed by atoms with van der Waals surface area (Å²) in [6.45, 7) is 7.34. The van der Waals surface area contributed by atoms with E-state index in [-0.39, 0.29) is 0 Å². The molecular formula is C18H40N+. The van der Waals surface area contributed by atoms with E-state index in [0.717, 1.165) is 0 Å². The van der Waals surface area contributed by atoms with Gasteiger partial charge in [-0.3, -0.25) is 0 Å². The van der Waals surface area contributed by atoms with E-state index >= 15 is 0 Å². The van der Waals surface area contributed by atoms with E-state index in [4.69, 9.17) is 0 Å². The Morgan fingerprint density at radius 1 is 0.474 bits per heavy atom. The molecule has 0 aliphatic carbocycles. The van der Waals surface area contributed by atoms with Gasteiger partial charge in [-0.15, -0.1) is 0 Å². The molecule has 0 N–H and O–H groups in total. The van der Waals surface area contributed by atoms with Crippen molar-refractivity contribution in [2.24, 2.45) is 0 Å². The van der Waals surface area contributed by atoms with Gasteiger partial charge in [0.05, 0.1) is 27.2 Å². The summed E-state index contributed by atoms with van der Waals surface area (Å²) in [6.07, 6.45) is 17.1. The number of unbranched alkanes of at least 4 members (excludes halogenated alkanes) is 10. The highest BCUT2D eigenvalue weighted by atomic mass is 15.3. The van der Waals surface area contributed by atoms with Crippen LogP contribution in [0, 0.1) is 0 Å². The highest BCUT2D eigenvalue weighted by Gasteiger charge is 2.13. The van der Waals surface area contributed by atoms with Crippen LogP contribution < -0.4 is 0 Å². The van der Waals surface area contributed by atoms with Crippen molar-refractivity contribution in [2.45, 2.75) is 90.9 Å². The first-order chi connectivity index (χ1) is 9.12. The molecule has 0 saturated heterocycles. The zero-order valence-corrected chi connectivity index (χ0v) is 14.3. The molecule has 0 aromatic carbocycles. The molecule has 0 fully saturated rings. The minimum atomic E-state index is 1.24. The van der Waals surface area contributed by atoms with Crippen LogP contribution in [0.3, 0.4) is 0 Å². The van der Waals surface area contributed by atoms with E-state index in [1.807, 2.05) is 0 Å². The van der Waals surface area contributed by atoms with E-state index < -0.39 is 0 Å². The topological polar surface area (TPSA) is 0 Å². The molecule has 0 aliphatic rings. The van der Waals surface area contributed by atoms with Gasteiger partial charge in [-0.2, -0.15) is 0 Å². The van der Waals surface area contributed by atoms with Crippen molar-refractivity contribution in [3.63, 3.8) is 0 Å². The highest BCUT2D eigenvalue weighted by Crippen LogP contribution is 2.11. The Kier molecular flexibility index (Phi) is 12.9. The van der Waals surface area contributed by atoms with E-state index in [1.165, 1.54) is 94.6 Å². The predicted molar refractivity (Wildman–Crippen MR) is 88.6 cm³/mol. The first-order valence-electron chi connectivity index (χ1n) is 8.94. The summed E-state index contributed by atoms with van der Waals surface area (Å²) in [7, 11) is 4.83. The lowest BCUT2D eigenvalue weighted by Gasteiger charge is -2.30. The fourth-order valence-corrected chi connectivity index (χ4v) is 2.75. The fourth-order valence-electron chi connectivity index (χ4n) is 2.75. The molecule has 0 bridgehead atoms. The van der Waals surface area contributed by atoms with Crippen LogP contribution in [0.1, 0.15) is 90.9 Å². The smallest absolute Gasteiger partial charge is 0.0782 e. The molecule has 0 amide bonds. The Labute approximate surface area is 123 Å². The minimum Gasteiger partial charge on any atom is -0.328 e. The van der Waals surface area contributed by atoms with Crippen molar-refractivity contribution in [2.75, 3.05) is 27.2 Å². The van der Waals surface area contributed by atoms with Crippen molar-refractivity contribution in [1.82, 2.24) is 0 Å². The van der Waals surface area contributed by atoms with Gasteiger partial charge in [-0.1, -0.05) is 65.2 Å². The molecule has 0 aromatic heterocycles. The van der Waals surface area contributed by atoms with Gasteiger partial charge in [-0.05, 0) is 25.7 Å². The van der Waals surface area contributed by atoms with Crippen LogP contribution in [0.25, 0.3) is 0 Å². The quantitative estimate of drug-likeness (QED) is 0.277. The van der Waals surface area contributed by atoms with E-state index in [9.17, 15) is 0 Å². The fraction of sp³-hybridized carbons (Fsp3) is 1.00. The predicted octanol–water partition coefficient (Wildman–Crippen LogP) is 5.78. The van der Waals surface area contributed by atoms with E-state index in [2.05, 4.69) is 27.9 Å². The van der Waals surface area contributed by atoms with Crippen LogP contribution in [0.5, 0.6) is 0 Å². The van der Waals surface area contributed by atoms with Gasteiger partial charge in [0.15, 0.2) is 0 Å². The molecule has 0 rings (SSSR count). The first kappa shape index (κ1) is 19.0. The first-order valence-corrected chi connectivity index (χ1v) is 8.94. The van der Waals surface area contributed by atoms with Crippen LogP contribution in [0.15, 0.2) is 0 Å². The molecule has 0 saturated carbocycles. The van der Waals surface area contributed by atoms with Crippen molar-refractivity contribution in [3.8, 4) is 0 Å². The molecule has 1 heteroatoms. The lowest BCUT2D eigenvalue weighted by Crippen LogP contribution is -2.41. The maximum absolute atomic E-state index is 2.41. The van der Waals surface area contributed by atoms with Gasteiger partial charge >= 0.3 is 0 Å². The zero-order chi connectivity index (χ0) is 14.4. The molecular weight excluding hydrogens is 230 g/mol. The van der Waals surface area contributed by atoms with Gasteiger partial charge < -0.3 is 4.48 Å². The average Bonchev–Trinajstić information content (AvgIpc) is 2.37. The normalized spacial score (nSPS) is 12.0. The largest absolute Gasteiger partial charge is 0.328 e. The molecule has 19 heavy (non-hydrogen) atoms. The molecule has 0 unspecified atom stereocenters. The summed E-state index contributed by atoms with van der Waals surface area (Å²) >= 11 is 0. The Morgan fingerprint density at radius 2 is 0.789 bits per heavy atom. The van der Waals surface area contributed by atoms with Crippen LogP contribution in [0.2, 0.25) is 0 Å². The number of rotatable bonds is 14. The number of hydrogen-bond acceptors (Lipinski definition) is 0. The molecule has 0 spiro atoms. The minimum absolute atomic E-state index is 1.24. The molecule has 1 nitrogen and oxygen atoms in total.